The smallest absolute Gasteiger partial charge is 0.315 e. The van der Waals surface area contributed by atoms with E-state index < -0.39 is 0 Å². The standard InChI is InChI=1S/C19H20N2O2/c1-23-18-11-9-17(10-12-18)8-5-14-20-19(22)21-15-13-16-6-3-2-4-7-16/h2-4,6-7,9-12H,13-15H2,1H3,(H2,20,21,22). The zero-order valence-corrected chi connectivity index (χ0v) is 13.1. The number of rotatable bonds is 5. The number of amides is 2. The van der Waals surface area contributed by atoms with Crippen LogP contribution in [0.4, 0.5) is 4.79 Å². The van der Waals surface area contributed by atoms with Crippen molar-refractivity contribution in [3.63, 3.8) is 0 Å². The van der Waals surface area contributed by atoms with Gasteiger partial charge in [-0.1, -0.05) is 42.2 Å². The molecule has 0 aliphatic heterocycles. The van der Waals surface area contributed by atoms with Crippen molar-refractivity contribution in [2.75, 3.05) is 20.2 Å². The molecular formula is C19H20N2O2. The fourth-order valence-corrected chi connectivity index (χ4v) is 1.97. The van der Waals surface area contributed by atoms with Crippen LogP contribution in [0.5, 0.6) is 5.75 Å². The van der Waals surface area contributed by atoms with Crippen molar-refractivity contribution in [1.82, 2.24) is 10.6 Å². The van der Waals surface area contributed by atoms with Gasteiger partial charge in [-0.15, -0.1) is 0 Å². The highest BCUT2D eigenvalue weighted by atomic mass is 16.5. The monoisotopic (exact) mass is 308 g/mol. The van der Waals surface area contributed by atoms with Crippen molar-refractivity contribution in [3.05, 3.63) is 65.7 Å². The Kier molecular flexibility index (Phi) is 6.55. The number of hydrogen-bond donors (Lipinski definition) is 2. The summed E-state index contributed by atoms with van der Waals surface area (Å²) < 4.78 is 5.08. The fraction of sp³-hybridized carbons (Fsp3) is 0.211. The van der Waals surface area contributed by atoms with E-state index in [0.717, 1.165) is 17.7 Å². The Bertz CT molecular complexity index is 670. The molecule has 2 N–H and O–H groups in total. The largest absolute Gasteiger partial charge is 0.497 e. The number of methoxy groups -OCH3 is 1. The molecular weight excluding hydrogens is 288 g/mol. The molecule has 2 rings (SSSR count). The molecule has 0 aromatic heterocycles. The summed E-state index contributed by atoms with van der Waals surface area (Å²) in [5.74, 6) is 6.70. The molecule has 118 valence electrons. The van der Waals surface area contributed by atoms with Crippen LogP contribution < -0.4 is 15.4 Å². The average molecular weight is 308 g/mol. The molecule has 0 atom stereocenters. The lowest BCUT2D eigenvalue weighted by atomic mass is 10.1. The minimum atomic E-state index is -0.204. The fourth-order valence-electron chi connectivity index (χ4n) is 1.97. The van der Waals surface area contributed by atoms with E-state index in [4.69, 9.17) is 4.74 Å². The summed E-state index contributed by atoms with van der Waals surface area (Å²) in [5, 5.41) is 5.52. The summed E-state index contributed by atoms with van der Waals surface area (Å²) in [7, 11) is 1.63. The average Bonchev–Trinajstić information content (AvgIpc) is 2.60. The summed E-state index contributed by atoms with van der Waals surface area (Å²) in [6.45, 7) is 0.908. The molecule has 0 bridgehead atoms. The molecule has 2 aromatic carbocycles. The summed E-state index contributed by atoms with van der Waals surface area (Å²) in [5.41, 5.74) is 2.09. The first kappa shape index (κ1) is 16.4. The molecule has 4 heteroatoms. The zero-order chi connectivity index (χ0) is 16.3. The molecule has 0 radical (unpaired) electrons. The van der Waals surface area contributed by atoms with Crippen LogP contribution in [0, 0.1) is 11.8 Å². The molecule has 2 aromatic rings. The van der Waals surface area contributed by atoms with Crippen LogP contribution in [-0.4, -0.2) is 26.2 Å². The molecule has 0 fully saturated rings. The van der Waals surface area contributed by atoms with Gasteiger partial charge in [0.25, 0.3) is 0 Å². The van der Waals surface area contributed by atoms with E-state index in [0.29, 0.717) is 13.1 Å². The van der Waals surface area contributed by atoms with Gasteiger partial charge in [-0.3, -0.25) is 0 Å². The first-order valence-corrected chi connectivity index (χ1v) is 7.46. The third-order valence-electron chi connectivity index (χ3n) is 3.20. The topological polar surface area (TPSA) is 50.4 Å². The minimum Gasteiger partial charge on any atom is -0.497 e. The van der Waals surface area contributed by atoms with E-state index in [9.17, 15) is 4.79 Å². The van der Waals surface area contributed by atoms with Crippen molar-refractivity contribution in [1.29, 1.82) is 0 Å². The van der Waals surface area contributed by atoms with E-state index in [2.05, 4.69) is 22.5 Å². The normalized spacial score (nSPS) is 9.43. The van der Waals surface area contributed by atoms with Crippen LogP contribution >= 0.6 is 0 Å². The second-order valence-corrected chi connectivity index (χ2v) is 4.88. The Hall–Kier alpha value is -2.93. The highest BCUT2D eigenvalue weighted by molar-refractivity contribution is 5.74. The molecule has 0 heterocycles. The second kappa shape index (κ2) is 9.16. The number of hydrogen-bond acceptors (Lipinski definition) is 2. The van der Waals surface area contributed by atoms with Crippen LogP contribution in [0.25, 0.3) is 0 Å². The van der Waals surface area contributed by atoms with Gasteiger partial charge >= 0.3 is 6.03 Å². The maximum absolute atomic E-state index is 11.6. The first-order valence-electron chi connectivity index (χ1n) is 7.46. The lowest BCUT2D eigenvalue weighted by Crippen LogP contribution is -2.36. The van der Waals surface area contributed by atoms with E-state index in [1.54, 1.807) is 7.11 Å². The SMILES string of the molecule is COc1ccc(C#CCNC(=O)NCCc2ccccc2)cc1. The molecule has 2 amide bonds. The number of ether oxygens (including phenoxy) is 1. The van der Waals surface area contributed by atoms with Gasteiger partial charge in [0, 0.05) is 12.1 Å². The van der Waals surface area contributed by atoms with Gasteiger partial charge < -0.3 is 15.4 Å². The quantitative estimate of drug-likeness (QED) is 0.834. The molecule has 0 saturated heterocycles. The molecule has 0 aliphatic rings. The van der Waals surface area contributed by atoms with Gasteiger partial charge in [0.05, 0.1) is 13.7 Å². The van der Waals surface area contributed by atoms with Gasteiger partial charge in [-0.05, 0) is 36.2 Å². The Morgan fingerprint density at radius 3 is 2.48 bits per heavy atom. The van der Waals surface area contributed by atoms with Gasteiger partial charge in [-0.2, -0.15) is 0 Å². The van der Waals surface area contributed by atoms with Crippen molar-refractivity contribution < 1.29 is 9.53 Å². The Morgan fingerprint density at radius 1 is 1.04 bits per heavy atom. The molecule has 23 heavy (non-hydrogen) atoms. The van der Waals surface area contributed by atoms with Crippen LogP contribution in [0.2, 0.25) is 0 Å². The van der Waals surface area contributed by atoms with Crippen LogP contribution in [0.1, 0.15) is 11.1 Å². The van der Waals surface area contributed by atoms with Gasteiger partial charge in [0.15, 0.2) is 0 Å². The van der Waals surface area contributed by atoms with Crippen LogP contribution in [0.15, 0.2) is 54.6 Å². The summed E-state index contributed by atoms with van der Waals surface area (Å²) in [6.07, 6.45) is 0.811. The summed E-state index contributed by atoms with van der Waals surface area (Å²) in [4.78, 5) is 11.6. The van der Waals surface area contributed by atoms with Crippen LogP contribution in [-0.2, 0) is 6.42 Å². The number of carbonyl (C=O) groups excluding carboxylic acids is 1. The van der Waals surface area contributed by atoms with Crippen LogP contribution in [0.3, 0.4) is 0 Å². The van der Waals surface area contributed by atoms with E-state index in [1.807, 2.05) is 54.6 Å². The highest BCUT2D eigenvalue weighted by Crippen LogP contribution is 2.09. The van der Waals surface area contributed by atoms with Gasteiger partial charge in [0.2, 0.25) is 0 Å². The zero-order valence-electron chi connectivity index (χ0n) is 13.1. The number of benzene rings is 2. The lowest BCUT2D eigenvalue weighted by Gasteiger charge is -2.05. The third kappa shape index (κ3) is 6.15. The Balaban J connectivity index is 1.65. The van der Waals surface area contributed by atoms with Gasteiger partial charge in [-0.25, -0.2) is 4.79 Å². The predicted molar refractivity (Wildman–Crippen MR) is 91.4 cm³/mol. The maximum atomic E-state index is 11.6. The number of urea groups is 1. The highest BCUT2D eigenvalue weighted by Gasteiger charge is 1.97. The van der Waals surface area contributed by atoms with Crippen molar-refractivity contribution in [2.45, 2.75) is 6.42 Å². The molecule has 0 saturated carbocycles. The summed E-state index contributed by atoms with van der Waals surface area (Å²) in [6, 6.07) is 17.3. The van der Waals surface area contributed by atoms with Crippen molar-refractivity contribution >= 4 is 6.03 Å². The summed E-state index contributed by atoms with van der Waals surface area (Å²) >= 11 is 0. The predicted octanol–water partition coefficient (Wildman–Crippen LogP) is 2.59. The van der Waals surface area contributed by atoms with Gasteiger partial charge in [0.1, 0.15) is 5.75 Å². The molecule has 4 nitrogen and oxygen atoms in total. The number of nitrogens with one attached hydrogen (secondary N) is 2. The first-order chi connectivity index (χ1) is 11.3. The second-order valence-electron chi connectivity index (χ2n) is 4.88. The van der Waals surface area contributed by atoms with Crippen molar-refractivity contribution in [2.24, 2.45) is 0 Å². The van der Waals surface area contributed by atoms with E-state index in [1.165, 1.54) is 5.56 Å². The molecule has 0 spiro atoms. The maximum Gasteiger partial charge on any atom is 0.315 e. The number of carbonyl (C=O) groups is 1. The van der Waals surface area contributed by atoms with E-state index in [-0.39, 0.29) is 6.03 Å². The Morgan fingerprint density at radius 2 is 1.78 bits per heavy atom. The molecule has 0 aliphatic carbocycles. The van der Waals surface area contributed by atoms with E-state index >= 15 is 0 Å². The third-order valence-corrected chi connectivity index (χ3v) is 3.20. The van der Waals surface area contributed by atoms with Crippen molar-refractivity contribution in [3.8, 4) is 17.6 Å². The lowest BCUT2D eigenvalue weighted by molar-refractivity contribution is 0.242. The minimum absolute atomic E-state index is 0.204. The Labute approximate surface area is 136 Å². The molecule has 0 unspecified atom stereocenters.